The third-order valence-electron chi connectivity index (χ3n) is 4.22. The van der Waals surface area contributed by atoms with Crippen molar-refractivity contribution >= 4 is 29.6 Å². The van der Waals surface area contributed by atoms with E-state index in [4.69, 9.17) is 31.9 Å². The Hall–Kier alpha value is -2.48. The Morgan fingerprint density at radius 1 is 1.20 bits per heavy atom. The van der Waals surface area contributed by atoms with Gasteiger partial charge in [-0.3, -0.25) is 9.59 Å². The van der Waals surface area contributed by atoms with E-state index in [1.807, 2.05) is 13.0 Å². The first kappa shape index (κ1) is 25.6. The molecule has 0 aliphatic carbocycles. The number of nitrogens with one attached hydrogen (secondary N) is 1. The molecule has 168 valence electrons. The van der Waals surface area contributed by atoms with Gasteiger partial charge in [0.1, 0.15) is 18.0 Å². The Bertz CT molecular complexity index is 748. The van der Waals surface area contributed by atoms with Crippen LogP contribution in [0.15, 0.2) is 18.2 Å². The van der Waals surface area contributed by atoms with Crippen LogP contribution in [0.2, 0.25) is 5.02 Å². The molecule has 0 fully saturated rings. The largest absolute Gasteiger partial charge is 0.490 e. The molecule has 0 heterocycles. The van der Waals surface area contributed by atoms with Crippen molar-refractivity contribution in [2.75, 3.05) is 6.61 Å². The standard InChI is InChI=1S/C21H31ClN2O6/c1-13(8-11-18(26)27)15-6-5-7-16(19(15)22)29-12-14(9-10-17(23)25)24-20(28)30-21(2,3)4/h5-7,13-14H,8-12H2,1-4H3,(H2,23,25)(H,24,28)(H,26,27)/t13?,14-/m0/s1. The smallest absolute Gasteiger partial charge is 0.407 e. The lowest BCUT2D eigenvalue weighted by Crippen LogP contribution is -2.42. The van der Waals surface area contributed by atoms with Gasteiger partial charge in [0.25, 0.3) is 0 Å². The van der Waals surface area contributed by atoms with Crippen molar-refractivity contribution in [3.63, 3.8) is 0 Å². The molecule has 0 spiro atoms. The maximum absolute atomic E-state index is 12.1. The van der Waals surface area contributed by atoms with E-state index in [1.165, 1.54) is 0 Å². The first-order chi connectivity index (χ1) is 13.9. The molecule has 0 aliphatic rings. The summed E-state index contributed by atoms with van der Waals surface area (Å²) in [5.74, 6) is -1.01. The molecule has 0 aromatic heterocycles. The number of ether oxygens (including phenoxy) is 2. The molecule has 0 aliphatic heterocycles. The van der Waals surface area contributed by atoms with Crippen molar-refractivity contribution in [2.45, 2.75) is 70.9 Å². The molecule has 0 saturated heterocycles. The predicted molar refractivity (Wildman–Crippen MR) is 114 cm³/mol. The Morgan fingerprint density at radius 3 is 2.43 bits per heavy atom. The molecule has 1 unspecified atom stereocenters. The van der Waals surface area contributed by atoms with E-state index >= 15 is 0 Å². The Balaban J connectivity index is 2.83. The van der Waals surface area contributed by atoms with E-state index in [1.54, 1.807) is 32.9 Å². The molecule has 1 aromatic rings. The van der Waals surface area contributed by atoms with Crippen LogP contribution in [0.4, 0.5) is 4.79 Å². The molecule has 9 heteroatoms. The van der Waals surface area contributed by atoms with Gasteiger partial charge >= 0.3 is 12.1 Å². The third-order valence-corrected chi connectivity index (χ3v) is 4.62. The Kier molecular flexibility index (Phi) is 9.92. The molecule has 8 nitrogen and oxygen atoms in total. The summed E-state index contributed by atoms with van der Waals surface area (Å²) in [6.45, 7) is 7.20. The first-order valence-corrected chi connectivity index (χ1v) is 10.2. The molecule has 0 radical (unpaired) electrons. The second-order valence-electron chi connectivity index (χ2n) is 8.15. The zero-order chi connectivity index (χ0) is 22.9. The summed E-state index contributed by atoms with van der Waals surface area (Å²) in [6, 6.07) is 4.77. The predicted octanol–water partition coefficient (Wildman–Crippen LogP) is 3.85. The van der Waals surface area contributed by atoms with Crippen molar-refractivity contribution < 1.29 is 29.0 Å². The van der Waals surface area contributed by atoms with Gasteiger partial charge in [-0.15, -0.1) is 0 Å². The summed E-state index contributed by atoms with van der Waals surface area (Å²) in [4.78, 5) is 34.0. The van der Waals surface area contributed by atoms with Crippen LogP contribution in [0.1, 0.15) is 64.9 Å². The van der Waals surface area contributed by atoms with Gasteiger partial charge in [-0.25, -0.2) is 4.79 Å². The number of carboxylic acid groups (broad SMARTS) is 1. The zero-order valence-electron chi connectivity index (χ0n) is 17.9. The van der Waals surface area contributed by atoms with Crippen LogP contribution >= 0.6 is 11.6 Å². The molecular formula is C21H31ClN2O6. The van der Waals surface area contributed by atoms with Gasteiger partial charge in [0.15, 0.2) is 0 Å². The second-order valence-corrected chi connectivity index (χ2v) is 8.53. The fourth-order valence-electron chi connectivity index (χ4n) is 2.69. The maximum atomic E-state index is 12.1. The summed E-state index contributed by atoms with van der Waals surface area (Å²) in [5, 5.41) is 12.0. The average Bonchev–Trinajstić information content (AvgIpc) is 2.61. The number of carbonyl (C=O) groups is 3. The highest BCUT2D eigenvalue weighted by molar-refractivity contribution is 6.32. The number of alkyl carbamates (subject to hydrolysis) is 1. The second kappa shape index (κ2) is 11.6. The lowest BCUT2D eigenvalue weighted by Gasteiger charge is -2.24. The summed E-state index contributed by atoms with van der Waals surface area (Å²) < 4.78 is 11.1. The van der Waals surface area contributed by atoms with Crippen LogP contribution in [0, 0.1) is 0 Å². The number of hydrogen-bond acceptors (Lipinski definition) is 5. The molecule has 1 aromatic carbocycles. The van der Waals surface area contributed by atoms with E-state index in [2.05, 4.69) is 5.32 Å². The molecule has 2 atom stereocenters. The van der Waals surface area contributed by atoms with Crippen LogP contribution < -0.4 is 15.8 Å². The van der Waals surface area contributed by atoms with E-state index < -0.39 is 29.6 Å². The van der Waals surface area contributed by atoms with Gasteiger partial charge in [0.2, 0.25) is 5.91 Å². The topological polar surface area (TPSA) is 128 Å². The van der Waals surface area contributed by atoms with Crippen LogP contribution in [0.3, 0.4) is 0 Å². The highest BCUT2D eigenvalue weighted by Crippen LogP contribution is 2.34. The number of halogens is 1. The average molecular weight is 443 g/mol. The van der Waals surface area contributed by atoms with Crippen LogP contribution in [-0.4, -0.2) is 41.3 Å². The SMILES string of the molecule is CC(CCC(=O)O)c1cccc(OC[C@H](CCC(N)=O)NC(=O)OC(C)(C)C)c1Cl. The lowest BCUT2D eigenvalue weighted by molar-refractivity contribution is -0.137. The number of rotatable bonds is 11. The Morgan fingerprint density at radius 2 is 1.87 bits per heavy atom. The number of aliphatic carboxylic acids is 1. The summed E-state index contributed by atoms with van der Waals surface area (Å²) in [7, 11) is 0. The van der Waals surface area contributed by atoms with Gasteiger partial charge in [0.05, 0.1) is 11.1 Å². The molecule has 0 saturated carbocycles. The van der Waals surface area contributed by atoms with E-state index in [0.29, 0.717) is 17.2 Å². The lowest BCUT2D eigenvalue weighted by atomic mass is 9.96. The monoisotopic (exact) mass is 442 g/mol. The molecule has 30 heavy (non-hydrogen) atoms. The van der Waals surface area contributed by atoms with Gasteiger partial charge in [0, 0.05) is 12.8 Å². The number of benzene rings is 1. The minimum atomic E-state index is -0.865. The highest BCUT2D eigenvalue weighted by atomic mass is 35.5. The summed E-state index contributed by atoms with van der Waals surface area (Å²) >= 11 is 6.46. The fourth-order valence-corrected chi connectivity index (χ4v) is 3.06. The number of nitrogens with two attached hydrogens (primary N) is 1. The maximum Gasteiger partial charge on any atom is 0.407 e. The van der Waals surface area contributed by atoms with Gasteiger partial charge in [-0.1, -0.05) is 30.7 Å². The number of carboxylic acids is 1. The number of carbonyl (C=O) groups excluding carboxylic acids is 2. The van der Waals surface area contributed by atoms with Crippen molar-refractivity contribution in [1.29, 1.82) is 0 Å². The van der Waals surface area contributed by atoms with Crippen LogP contribution in [0.25, 0.3) is 0 Å². The van der Waals surface area contributed by atoms with E-state index in [0.717, 1.165) is 5.56 Å². The minimum absolute atomic E-state index is 0.0393. The van der Waals surface area contributed by atoms with Gasteiger partial charge < -0.3 is 25.6 Å². The first-order valence-electron chi connectivity index (χ1n) is 9.80. The van der Waals surface area contributed by atoms with Crippen molar-refractivity contribution in [3.05, 3.63) is 28.8 Å². The van der Waals surface area contributed by atoms with E-state index in [-0.39, 0.29) is 31.8 Å². The zero-order valence-corrected chi connectivity index (χ0v) is 18.6. The molecule has 4 N–H and O–H groups in total. The Labute approximate surface area is 182 Å². The van der Waals surface area contributed by atoms with Crippen molar-refractivity contribution in [2.24, 2.45) is 5.73 Å². The van der Waals surface area contributed by atoms with Crippen molar-refractivity contribution in [1.82, 2.24) is 5.32 Å². The quantitative estimate of drug-likeness (QED) is 0.477. The van der Waals surface area contributed by atoms with Crippen LogP contribution in [-0.2, 0) is 14.3 Å². The number of primary amides is 1. The fraction of sp³-hybridized carbons (Fsp3) is 0.571. The van der Waals surface area contributed by atoms with Gasteiger partial charge in [-0.2, -0.15) is 0 Å². The summed E-state index contributed by atoms with van der Waals surface area (Å²) in [6.07, 6.45) is 0.213. The molecule has 1 rings (SSSR count). The highest BCUT2D eigenvalue weighted by Gasteiger charge is 2.21. The van der Waals surface area contributed by atoms with Crippen molar-refractivity contribution in [3.8, 4) is 5.75 Å². The molecular weight excluding hydrogens is 412 g/mol. The van der Waals surface area contributed by atoms with E-state index in [9.17, 15) is 14.4 Å². The number of hydrogen-bond donors (Lipinski definition) is 3. The number of amides is 2. The van der Waals surface area contributed by atoms with Gasteiger partial charge in [-0.05, 0) is 51.2 Å². The summed E-state index contributed by atoms with van der Waals surface area (Å²) in [5.41, 5.74) is 5.34. The van der Waals surface area contributed by atoms with Crippen LogP contribution in [0.5, 0.6) is 5.75 Å². The normalized spacial score (nSPS) is 13.2. The molecule has 2 amide bonds. The molecule has 0 bridgehead atoms. The third kappa shape index (κ3) is 9.82. The minimum Gasteiger partial charge on any atom is -0.490 e.